The molecule has 0 aliphatic rings. The van der Waals surface area contributed by atoms with Gasteiger partial charge in [0.15, 0.2) is 0 Å². The predicted octanol–water partition coefficient (Wildman–Crippen LogP) is 4.01. The van der Waals surface area contributed by atoms with Crippen molar-refractivity contribution in [2.24, 2.45) is 0 Å². The number of aryl methyl sites for hydroxylation is 1. The summed E-state index contributed by atoms with van der Waals surface area (Å²) < 4.78 is 5.92. The molecule has 2 rings (SSSR count). The largest absolute Gasteiger partial charge is 0.496 e. The van der Waals surface area contributed by atoms with Crippen LogP contribution >= 0.6 is 27.3 Å². The Kier molecular flexibility index (Phi) is 5.20. The van der Waals surface area contributed by atoms with Crippen LogP contribution in [0.25, 0.3) is 0 Å². The van der Waals surface area contributed by atoms with Crippen molar-refractivity contribution in [1.29, 1.82) is 0 Å². The lowest BCUT2D eigenvalue weighted by atomic mass is 10.2. The minimum absolute atomic E-state index is 0.0835. The number of methoxy groups -OCH3 is 1. The van der Waals surface area contributed by atoms with E-state index in [1.807, 2.05) is 0 Å². The Morgan fingerprint density at radius 2 is 2.05 bits per heavy atom. The van der Waals surface area contributed by atoms with Crippen LogP contribution in [0.15, 0.2) is 34.8 Å². The summed E-state index contributed by atoms with van der Waals surface area (Å²) in [4.78, 5) is 14.6. The predicted molar refractivity (Wildman–Crippen MR) is 85.6 cm³/mol. The SMILES string of the molecule is CCc1ccc(CNC(=O)c2ccc(OC)c(Br)c2)s1. The summed E-state index contributed by atoms with van der Waals surface area (Å²) in [6.07, 6.45) is 1.03. The zero-order valence-electron chi connectivity index (χ0n) is 11.4. The number of carbonyl (C=O) groups excluding carboxylic acids is 1. The average molecular weight is 354 g/mol. The molecule has 1 aromatic heterocycles. The smallest absolute Gasteiger partial charge is 0.251 e. The number of nitrogens with one attached hydrogen (secondary N) is 1. The van der Waals surface area contributed by atoms with E-state index in [4.69, 9.17) is 4.74 Å². The summed E-state index contributed by atoms with van der Waals surface area (Å²) in [6.45, 7) is 2.69. The van der Waals surface area contributed by atoms with Crippen molar-refractivity contribution in [3.63, 3.8) is 0 Å². The molecule has 1 N–H and O–H groups in total. The Hall–Kier alpha value is -1.33. The van der Waals surface area contributed by atoms with Crippen LogP contribution < -0.4 is 10.1 Å². The van der Waals surface area contributed by atoms with E-state index in [1.165, 1.54) is 9.75 Å². The van der Waals surface area contributed by atoms with Crippen LogP contribution in [0.3, 0.4) is 0 Å². The summed E-state index contributed by atoms with van der Waals surface area (Å²) in [6, 6.07) is 9.47. The lowest BCUT2D eigenvalue weighted by Crippen LogP contribution is -2.22. The van der Waals surface area contributed by atoms with Crippen molar-refractivity contribution in [2.45, 2.75) is 19.9 Å². The number of amides is 1. The number of hydrogen-bond acceptors (Lipinski definition) is 3. The van der Waals surface area contributed by atoms with Gasteiger partial charge in [0.1, 0.15) is 5.75 Å². The molecule has 0 saturated heterocycles. The van der Waals surface area contributed by atoms with Gasteiger partial charge in [-0.25, -0.2) is 0 Å². The van der Waals surface area contributed by atoms with Crippen LogP contribution in [0.2, 0.25) is 0 Å². The van der Waals surface area contributed by atoms with Gasteiger partial charge in [-0.3, -0.25) is 4.79 Å². The van der Waals surface area contributed by atoms with Crippen molar-refractivity contribution in [1.82, 2.24) is 5.32 Å². The first-order valence-corrected chi connectivity index (χ1v) is 7.94. The number of carbonyl (C=O) groups is 1. The normalized spacial score (nSPS) is 10.3. The fraction of sp³-hybridized carbons (Fsp3) is 0.267. The van der Waals surface area contributed by atoms with Crippen LogP contribution in [-0.4, -0.2) is 13.0 Å². The Morgan fingerprint density at radius 1 is 1.30 bits per heavy atom. The van der Waals surface area contributed by atoms with E-state index in [1.54, 1.807) is 36.6 Å². The Balaban J connectivity index is 1.99. The highest BCUT2D eigenvalue weighted by atomic mass is 79.9. The van der Waals surface area contributed by atoms with E-state index in [0.717, 1.165) is 10.9 Å². The second kappa shape index (κ2) is 6.90. The summed E-state index contributed by atoms with van der Waals surface area (Å²) in [5.41, 5.74) is 0.616. The third-order valence-corrected chi connectivity index (χ3v) is 4.75. The van der Waals surface area contributed by atoms with Gasteiger partial charge in [0, 0.05) is 15.3 Å². The van der Waals surface area contributed by atoms with Gasteiger partial charge in [-0.2, -0.15) is 0 Å². The molecule has 0 fully saturated rings. The van der Waals surface area contributed by atoms with E-state index in [2.05, 4.69) is 40.3 Å². The number of ether oxygens (including phenoxy) is 1. The van der Waals surface area contributed by atoms with Crippen LogP contribution in [0.1, 0.15) is 27.0 Å². The topological polar surface area (TPSA) is 38.3 Å². The van der Waals surface area contributed by atoms with Crippen molar-refractivity contribution in [2.75, 3.05) is 7.11 Å². The summed E-state index contributed by atoms with van der Waals surface area (Å²) in [7, 11) is 1.60. The molecule has 0 aliphatic carbocycles. The Bertz CT molecular complexity index is 610. The zero-order chi connectivity index (χ0) is 14.5. The maximum absolute atomic E-state index is 12.1. The standard InChI is InChI=1S/C15H16BrNO2S/c1-3-11-5-6-12(20-11)9-17-15(18)10-4-7-14(19-2)13(16)8-10/h4-8H,3,9H2,1-2H3,(H,17,18). The molecule has 2 aromatic rings. The van der Waals surface area contributed by atoms with E-state index in [0.29, 0.717) is 17.9 Å². The highest BCUT2D eigenvalue weighted by molar-refractivity contribution is 9.10. The third kappa shape index (κ3) is 3.61. The molecule has 0 unspecified atom stereocenters. The lowest BCUT2D eigenvalue weighted by molar-refractivity contribution is 0.0951. The highest BCUT2D eigenvalue weighted by Gasteiger charge is 2.09. The number of benzene rings is 1. The molecule has 3 nitrogen and oxygen atoms in total. The Morgan fingerprint density at radius 3 is 2.65 bits per heavy atom. The summed E-state index contributed by atoms with van der Waals surface area (Å²) in [5, 5.41) is 2.93. The fourth-order valence-corrected chi connectivity index (χ4v) is 3.22. The molecule has 0 spiro atoms. The van der Waals surface area contributed by atoms with E-state index >= 15 is 0 Å². The second-order valence-electron chi connectivity index (χ2n) is 4.25. The quantitative estimate of drug-likeness (QED) is 0.881. The van der Waals surface area contributed by atoms with Gasteiger partial charge in [0.25, 0.3) is 5.91 Å². The van der Waals surface area contributed by atoms with Crippen LogP contribution in [-0.2, 0) is 13.0 Å². The van der Waals surface area contributed by atoms with Crippen LogP contribution in [0.4, 0.5) is 0 Å². The zero-order valence-corrected chi connectivity index (χ0v) is 13.8. The van der Waals surface area contributed by atoms with Gasteiger partial charge in [-0.1, -0.05) is 6.92 Å². The molecular weight excluding hydrogens is 338 g/mol. The van der Waals surface area contributed by atoms with E-state index in [9.17, 15) is 4.79 Å². The molecule has 0 bridgehead atoms. The van der Waals surface area contributed by atoms with Crippen molar-refractivity contribution in [3.8, 4) is 5.75 Å². The molecule has 1 aromatic carbocycles. The van der Waals surface area contributed by atoms with Gasteiger partial charge < -0.3 is 10.1 Å². The molecule has 0 radical (unpaired) electrons. The van der Waals surface area contributed by atoms with Crippen LogP contribution in [0, 0.1) is 0 Å². The molecule has 1 heterocycles. The number of hydrogen-bond donors (Lipinski definition) is 1. The molecule has 1 amide bonds. The van der Waals surface area contributed by atoms with E-state index in [-0.39, 0.29) is 5.91 Å². The number of thiophene rings is 1. The average Bonchev–Trinajstić information content (AvgIpc) is 2.92. The Labute approximate surface area is 131 Å². The maximum Gasteiger partial charge on any atom is 0.251 e. The minimum atomic E-state index is -0.0835. The molecule has 0 atom stereocenters. The summed E-state index contributed by atoms with van der Waals surface area (Å²) in [5.74, 6) is 0.632. The molecule has 5 heteroatoms. The lowest BCUT2D eigenvalue weighted by Gasteiger charge is -2.07. The summed E-state index contributed by atoms with van der Waals surface area (Å²) >= 11 is 5.12. The van der Waals surface area contributed by atoms with Gasteiger partial charge in [-0.05, 0) is 52.7 Å². The molecule has 0 saturated carbocycles. The monoisotopic (exact) mass is 353 g/mol. The van der Waals surface area contributed by atoms with Gasteiger partial charge >= 0.3 is 0 Å². The third-order valence-electron chi connectivity index (χ3n) is 2.90. The van der Waals surface area contributed by atoms with Gasteiger partial charge in [0.05, 0.1) is 18.1 Å². The number of halogens is 1. The first-order chi connectivity index (χ1) is 9.63. The molecule has 106 valence electrons. The van der Waals surface area contributed by atoms with Crippen molar-refractivity contribution >= 4 is 33.2 Å². The first-order valence-electron chi connectivity index (χ1n) is 6.33. The van der Waals surface area contributed by atoms with Gasteiger partial charge in [-0.15, -0.1) is 11.3 Å². The maximum atomic E-state index is 12.1. The molecule has 0 aliphatic heterocycles. The fourth-order valence-electron chi connectivity index (χ4n) is 1.78. The molecular formula is C15H16BrNO2S. The van der Waals surface area contributed by atoms with E-state index < -0.39 is 0 Å². The first kappa shape index (κ1) is 15.1. The second-order valence-corrected chi connectivity index (χ2v) is 6.36. The highest BCUT2D eigenvalue weighted by Crippen LogP contribution is 2.25. The van der Waals surface area contributed by atoms with Crippen molar-refractivity contribution < 1.29 is 9.53 Å². The molecule has 20 heavy (non-hydrogen) atoms. The minimum Gasteiger partial charge on any atom is -0.496 e. The van der Waals surface area contributed by atoms with Gasteiger partial charge in [0.2, 0.25) is 0 Å². The number of rotatable bonds is 5. The van der Waals surface area contributed by atoms with Crippen molar-refractivity contribution in [3.05, 3.63) is 50.1 Å². The van der Waals surface area contributed by atoms with Crippen LogP contribution in [0.5, 0.6) is 5.75 Å².